The normalized spacial score (nSPS) is 11.2. The monoisotopic (exact) mass is 183 g/mol. The Morgan fingerprint density at radius 2 is 2.17 bits per heavy atom. The van der Waals surface area contributed by atoms with Crippen LogP contribution in [-0.4, -0.2) is 20.4 Å². The van der Waals surface area contributed by atoms with Gasteiger partial charge in [0.15, 0.2) is 0 Å². The average molecular weight is 183 g/mol. The van der Waals surface area contributed by atoms with Gasteiger partial charge in [0.25, 0.3) is 0 Å². The third-order valence-corrected chi connectivity index (χ3v) is 3.12. The summed E-state index contributed by atoms with van der Waals surface area (Å²) in [6, 6.07) is 8.19. The van der Waals surface area contributed by atoms with E-state index in [1.165, 1.54) is 0 Å². The summed E-state index contributed by atoms with van der Waals surface area (Å²) in [5.74, 6) is 0.636. The number of hydrogen-bond acceptors (Lipinski definition) is 2. The lowest BCUT2D eigenvalue weighted by Gasteiger charge is -2.07. The first-order valence-corrected chi connectivity index (χ1v) is 6.25. The molecule has 1 aromatic carbocycles. The van der Waals surface area contributed by atoms with Crippen LogP contribution >= 0.6 is 7.14 Å². The Bertz CT molecular complexity index is 314. The Hall–Kier alpha value is -0.750. The SMILES string of the molecule is COc1[c]ccc(P(C)(C)=O)c1. The highest BCUT2D eigenvalue weighted by Gasteiger charge is 2.10. The van der Waals surface area contributed by atoms with E-state index in [0.717, 1.165) is 5.30 Å². The lowest BCUT2D eigenvalue weighted by molar-refractivity contribution is 0.414. The van der Waals surface area contributed by atoms with Crippen LogP contribution in [0.3, 0.4) is 0 Å². The van der Waals surface area contributed by atoms with Crippen molar-refractivity contribution in [3.63, 3.8) is 0 Å². The Labute approximate surface area is 72.9 Å². The zero-order chi connectivity index (χ0) is 9.19. The van der Waals surface area contributed by atoms with Crippen molar-refractivity contribution < 1.29 is 9.30 Å². The smallest absolute Gasteiger partial charge is 0.127 e. The fourth-order valence-corrected chi connectivity index (χ4v) is 1.75. The molecule has 0 unspecified atom stereocenters. The maximum Gasteiger partial charge on any atom is 0.127 e. The molecule has 1 rings (SSSR count). The summed E-state index contributed by atoms with van der Waals surface area (Å²) >= 11 is 0. The molecular weight excluding hydrogens is 171 g/mol. The van der Waals surface area contributed by atoms with Crippen molar-refractivity contribution >= 4 is 12.4 Å². The van der Waals surface area contributed by atoms with E-state index in [0.29, 0.717) is 5.75 Å². The Morgan fingerprint density at radius 1 is 1.50 bits per heavy atom. The molecular formula is C9H12O2P. The molecule has 0 spiro atoms. The molecule has 0 N–H and O–H groups in total. The maximum atomic E-state index is 11.6. The highest BCUT2D eigenvalue weighted by Crippen LogP contribution is 2.35. The van der Waals surface area contributed by atoms with Gasteiger partial charge in [-0.25, -0.2) is 0 Å². The first-order valence-electron chi connectivity index (χ1n) is 3.65. The minimum atomic E-state index is -2.16. The van der Waals surface area contributed by atoms with Gasteiger partial charge < -0.3 is 9.30 Å². The summed E-state index contributed by atoms with van der Waals surface area (Å²) in [6.45, 7) is 3.48. The molecule has 1 aromatic rings. The Morgan fingerprint density at radius 3 is 2.67 bits per heavy atom. The zero-order valence-corrected chi connectivity index (χ0v) is 8.39. The van der Waals surface area contributed by atoms with Crippen LogP contribution in [0.2, 0.25) is 0 Å². The fraction of sp³-hybridized carbons (Fsp3) is 0.333. The average Bonchev–Trinajstić information content (AvgIpc) is 2.03. The number of benzene rings is 1. The summed E-state index contributed by atoms with van der Waals surface area (Å²) in [5, 5.41) is 0.832. The highest BCUT2D eigenvalue weighted by molar-refractivity contribution is 7.70. The van der Waals surface area contributed by atoms with Gasteiger partial charge in [-0.3, -0.25) is 0 Å². The predicted octanol–water partition coefficient (Wildman–Crippen LogP) is 1.74. The lowest BCUT2D eigenvalue weighted by atomic mass is 10.3. The lowest BCUT2D eigenvalue weighted by Crippen LogP contribution is -2.02. The predicted molar refractivity (Wildman–Crippen MR) is 50.9 cm³/mol. The van der Waals surface area contributed by atoms with Crippen LogP contribution < -0.4 is 10.0 Å². The largest absolute Gasteiger partial charge is 0.496 e. The summed E-state index contributed by atoms with van der Waals surface area (Å²) in [7, 11) is -0.583. The third kappa shape index (κ3) is 2.12. The molecule has 0 aliphatic rings. The van der Waals surface area contributed by atoms with Crippen molar-refractivity contribution in [2.24, 2.45) is 0 Å². The van der Waals surface area contributed by atoms with Crippen LogP contribution in [0.4, 0.5) is 0 Å². The minimum Gasteiger partial charge on any atom is -0.496 e. The zero-order valence-electron chi connectivity index (χ0n) is 7.50. The minimum absolute atomic E-state index is 0.636. The molecule has 12 heavy (non-hydrogen) atoms. The van der Waals surface area contributed by atoms with Gasteiger partial charge in [-0.2, -0.15) is 0 Å². The standard InChI is InChI=1S/C9H12O2P/c1-11-8-5-4-6-9(7-8)12(2,3)10/h4,6-7H,1-3H3. The van der Waals surface area contributed by atoms with Crippen LogP contribution in [0.1, 0.15) is 0 Å². The molecule has 0 aromatic heterocycles. The van der Waals surface area contributed by atoms with E-state index in [9.17, 15) is 4.57 Å². The highest BCUT2D eigenvalue weighted by atomic mass is 31.2. The van der Waals surface area contributed by atoms with Gasteiger partial charge in [0.05, 0.1) is 7.11 Å². The molecule has 0 atom stereocenters. The maximum absolute atomic E-state index is 11.6. The summed E-state index contributed by atoms with van der Waals surface area (Å²) in [6.07, 6.45) is 0. The van der Waals surface area contributed by atoms with Crippen molar-refractivity contribution in [1.29, 1.82) is 0 Å². The topological polar surface area (TPSA) is 26.3 Å². The molecule has 0 amide bonds. The van der Waals surface area contributed by atoms with Crippen LogP contribution in [0, 0.1) is 6.07 Å². The molecule has 0 fully saturated rings. The Kier molecular flexibility index (Phi) is 2.58. The second kappa shape index (κ2) is 3.32. The number of hydrogen-bond donors (Lipinski definition) is 0. The number of ether oxygens (including phenoxy) is 1. The summed E-state index contributed by atoms with van der Waals surface area (Å²) in [4.78, 5) is 0. The number of methoxy groups -OCH3 is 1. The van der Waals surface area contributed by atoms with E-state index in [1.54, 1.807) is 32.6 Å². The van der Waals surface area contributed by atoms with Gasteiger partial charge in [-0.1, -0.05) is 6.07 Å². The molecule has 3 heteroatoms. The van der Waals surface area contributed by atoms with Crippen molar-refractivity contribution in [2.75, 3.05) is 20.4 Å². The van der Waals surface area contributed by atoms with E-state index in [4.69, 9.17) is 4.74 Å². The Balaban J connectivity index is 3.11. The van der Waals surface area contributed by atoms with Gasteiger partial charge in [0.1, 0.15) is 12.9 Å². The van der Waals surface area contributed by atoms with Crippen LogP contribution in [-0.2, 0) is 4.57 Å². The third-order valence-electron chi connectivity index (χ3n) is 1.60. The second-order valence-corrected chi connectivity index (χ2v) is 6.18. The van der Waals surface area contributed by atoms with Gasteiger partial charge in [0.2, 0.25) is 0 Å². The van der Waals surface area contributed by atoms with Crippen LogP contribution in [0.25, 0.3) is 0 Å². The van der Waals surface area contributed by atoms with Crippen LogP contribution in [0.15, 0.2) is 18.2 Å². The molecule has 0 saturated heterocycles. The molecule has 1 radical (unpaired) electrons. The first kappa shape index (κ1) is 9.34. The van der Waals surface area contributed by atoms with Crippen molar-refractivity contribution in [1.82, 2.24) is 0 Å². The van der Waals surface area contributed by atoms with Gasteiger partial charge in [-0.15, -0.1) is 0 Å². The molecule has 0 saturated carbocycles. The second-order valence-electron chi connectivity index (χ2n) is 2.97. The summed E-state index contributed by atoms with van der Waals surface area (Å²) < 4.78 is 16.6. The quantitative estimate of drug-likeness (QED) is 0.653. The van der Waals surface area contributed by atoms with Crippen molar-refractivity contribution in [2.45, 2.75) is 0 Å². The van der Waals surface area contributed by atoms with E-state index >= 15 is 0 Å². The fourth-order valence-electron chi connectivity index (χ4n) is 0.886. The van der Waals surface area contributed by atoms with Gasteiger partial charge in [-0.05, 0) is 25.5 Å². The first-order chi connectivity index (χ1) is 5.54. The van der Waals surface area contributed by atoms with Gasteiger partial charge in [0, 0.05) is 11.4 Å². The van der Waals surface area contributed by atoms with E-state index < -0.39 is 7.14 Å². The van der Waals surface area contributed by atoms with Crippen LogP contribution in [0.5, 0.6) is 5.75 Å². The van der Waals surface area contributed by atoms with Crippen molar-refractivity contribution in [3.05, 3.63) is 24.3 Å². The van der Waals surface area contributed by atoms with E-state index in [1.807, 2.05) is 6.07 Å². The molecule has 0 heterocycles. The molecule has 0 bridgehead atoms. The molecule has 65 valence electrons. The summed E-state index contributed by atoms with van der Waals surface area (Å²) in [5.41, 5.74) is 0. The van der Waals surface area contributed by atoms with Gasteiger partial charge >= 0.3 is 0 Å². The molecule has 2 nitrogen and oxygen atoms in total. The van der Waals surface area contributed by atoms with Crippen molar-refractivity contribution in [3.8, 4) is 5.75 Å². The molecule has 0 aliphatic carbocycles. The van der Waals surface area contributed by atoms with E-state index in [2.05, 4.69) is 6.07 Å². The number of rotatable bonds is 2. The molecule has 0 aliphatic heterocycles. The van der Waals surface area contributed by atoms with E-state index in [-0.39, 0.29) is 0 Å².